The van der Waals surface area contributed by atoms with Gasteiger partial charge in [0.15, 0.2) is 0 Å². The van der Waals surface area contributed by atoms with Gasteiger partial charge in [0.2, 0.25) is 0 Å². The summed E-state index contributed by atoms with van der Waals surface area (Å²) in [5, 5.41) is 0. The molecule has 21 heavy (non-hydrogen) atoms. The maximum atomic E-state index is 11.0. The highest BCUT2D eigenvalue weighted by molar-refractivity contribution is 7.65. The van der Waals surface area contributed by atoms with Crippen LogP contribution in [-0.2, 0) is 18.3 Å². The van der Waals surface area contributed by atoms with E-state index in [1.165, 1.54) is 0 Å². The third-order valence-electron chi connectivity index (χ3n) is 1.70. The molecule has 0 atom stereocenters. The molecule has 18 heteroatoms. The Kier molecular flexibility index (Phi) is 6.34. The zero-order chi connectivity index (χ0) is 17.4. The first kappa shape index (κ1) is 21.1. The van der Waals surface area contributed by atoms with Crippen molar-refractivity contribution in [3.8, 4) is 0 Å². The zero-order valence-electron chi connectivity index (χ0n) is 9.81. The molecule has 0 saturated heterocycles. The standard InChI is InChI=1S/C3H12N2O12P4/c1-3(5(20(12,13)14)21(15,16)17)2-4(18(6,7)8)19(9,10)11/h1-2H2,(H2,6,7,8)(H2,9,10,11)(H2,12,13,14)(H2,15,16,17). The van der Waals surface area contributed by atoms with Crippen molar-refractivity contribution in [3.05, 3.63) is 12.3 Å². The van der Waals surface area contributed by atoms with E-state index >= 15 is 0 Å². The first-order chi connectivity index (χ1) is 8.88. The molecule has 0 spiro atoms. The van der Waals surface area contributed by atoms with Crippen molar-refractivity contribution in [2.24, 2.45) is 0 Å². The molecule has 8 N–H and O–H groups in total. The summed E-state index contributed by atoms with van der Waals surface area (Å²) in [6.07, 6.45) is 0. The summed E-state index contributed by atoms with van der Waals surface area (Å²) < 4.78 is 42.0. The Hall–Kier alpha value is 0.1000. The van der Waals surface area contributed by atoms with Crippen LogP contribution in [-0.4, -0.2) is 54.6 Å². The Morgan fingerprint density at radius 3 is 1.19 bits per heavy atom. The second-order valence-corrected chi connectivity index (χ2v) is 9.94. The molecule has 0 rings (SSSR count). The molecule has 0 aliphatic rings. The van der Waals surface area contributed by atoms with Gasteiger partial charge in [-0.15, -0.1) is 4.44 Å². The van der Waals surface area contributed by atoms with E-state index in [-0.39, 0.29) is 0 Å². The van der Waals surface area contributed by atoms with E-state index in [1.54, 1.807) is 0 Å². The summed E-state index contributed by atoms with van der Waals surface area (Å²) in [6.45, 7) is 1.15. The van der Waals surface area contributed by atoms with Gasteiger partial charge in [-0.1, -0.05) is 6.58 Å². The highest BCUT2D eigenvalue weighted by Gasteiger charge is 2.45. The van der Waals surface area contributed by atoms with Crippen LogP contribution >= 0.6 is 31.0 Å². The van der Waals surface area contributed by atoms with Crippen LogP contribution in [0.3, 0.4) is 0 Å². The zero-order valence-corrected chi connectivity index (χ0v) is 13.4. The highest BCUT2D eigenvalue weighted by atomic mass is 31.3. The molecule has 0 heterocycles. The van der Waals surface area contributed by atoms with Gasteiger partial charge in [0, 0.05) is 5.70 Å². The van der Waals surface area contributed by atoms with Crippen LogP contribution in [0.4, 0.5) is 0 Å². The lowest BCUT2D eigenvalue weighted by molar-refractivity contribution is 0.257. The fraction of sp³-hybridized carbons (Fsp3) is 0.333. The Bertz CT molecular complexity index is 546. The van der Waals surface area contributed by atoms with Crippen LogP contribution in [0.1, 0.15) is 0 Å². The van der Waals surface area contributed by atoms with E-state index < -0.39 is 52.1 Å². The molecule has 0 aliphatic heterocycles. The minimum absolute atomic E-state index is 0.819. The van der Waals surface area contributed by atoms with Crippen molar-refractivity contribution >= 4 is 31.0 Å². The predicted molar refractivity (Wildman–Crippen MR) is 65.9 cm³/mol. The third kappa shape index (κ3) is 6.39. The van der Waals surface area contributed by atoms with E-state index in [0.717, 1.165) is 0 Å². The van der Waals surface area contributed by atoms with Crippen LogP contribution in [0, 0.1) is 0 Å². The summed E-state index contributed by atoms with van der Waals surface area (Å²) in [5.41, 5.74) is -1.32. The quantitative estimate of drug-likeness (QED) is 0.230. The summed E-state index contributed by atoms with van der Waals surface area (Å²) in [7, 11) is -22.6. The lowest BCUT2D eigenvalue weighted by atomic mass is 10.5. The van der Waals surface area contributed by atoms with Crippen molar-refractivity contribution in [2.75, 3.05) is 6.54 Å². The van der Waals surface area contributed by atoms with Crippen molar-refractivity contribution in [1.29, 1.82) is 0 Å². The fourth-order valence-corrected chi connectivity index (χ4v) is 5.07. The molecule has 0 aliphatic carbocycles. The van der Waals surface area contributed by atoms with E-state index in [4.69, 9.17) is 39.1 Å². The molecule has 0 aromatic rings. The molecular weight excluding hydrogens is 380 g/mol. The molecule has 0 radical (unpaired) electrons. The summed E-state index contributed by atoms with van der Waals surface area (Å²) in [4.78, 5) is 70.1. The van der Waals surface area contributed by atoms with Gasteiger partial charge in [-0.2, -0.15) is 4.44 Å². The van der Waals surface area contributed by atoms with E-state index in [0.29, 0.717) is 0 Å². The molecule has 0 amide bonds. The number of hydrogen-bond acceptors (Lipinski definition) is 4. The first-order valence-electron chi connectivity index (χ1n) is 4.38. The Morgan fingerprint density at radius 2 is 1.00 bits per heavy atom. The lowest BCUT2D eigenvalue weighted by Crippen LogP contribution is -2.26. The molecule has 14 nitrogen and oxygen atoms in total. The average molecular weight is 392 g/mol. The number of rotatable bonds is 7. The predicted octanol–water partition coefficient (Wildman–Crippen LogP) is -1.53. The van der Waals surface area contributed by atoms with Gasteiger partial charge in [-0.25, -0.2) is 18.3 Å². The van der Waals surface area contributed by atoms with E-state index in [9.17, 15) is 18.3 Å². The van der Waals surface area contributed by atoms with Crippen molar-refractivity contribution in [1.82, 2.24) is 8.88 Å². The third-order valence-corrected chi connectivity index (χ3v) is 7.54. The Balaban J connectivity index is 5.72. The van der Waals surface area contributed by atoms with E-state index in [2.05, 4.69) is 6.58 Å². The van der Waals surface area contributed by atoms with Gasteiger partial charge < -0.3 is 39.1 Å². The maximum Gasteiger partial charge on any atom is 0.438 e. The van der Waals surface area contributed by atoms with Gasteiger partial charge in [0.1, 0.15) is 0 Å². The molecule has 0 unspecified atom stereocenters. The topological polar surface area (TPSA) is 237 Å². The fourth-order valence-electron chi connectivity index (χ4n) is 1.08. The maximum absolute atomic E-state index is 11.0. The molecule has 0 saturated carbocycles. The highest BCUT2D eigenvalue weighted by Crippen LogP contribution is 2.63. The molecule has 0 aromatic heterocycles. The summed E-state index contributed by atoms with van der Waals surface area (Å²) in [5.74, 6) is 0. The smallest absolute Gasteiger partial charge is 0.312 e. The normalized spacial score (nSPS) is 14.3. The van der Waals surface area contributed by atoms with Gasteiger partial charge in [-0.3, -0.25) is 0 Å². The SMILES string of the molecule is C=C(CN(P(=O)(O)O)P(=O)(O)O)N(P(=O)(O)O)P(=O)(O)O. The van der Waals surface area contributed by atoms with Crippen molar-refractivity contribution < 1.29 is 57.4 Å². The minimum Gasteiger partial charge on any atom is -0.312 e. The van der Waals surface area contributed by atoms with Crippen LogP contribution in [0.2, 0.25) is 0 Å². The number of nitrogens with zero attached hydrogens (tertiary/aromatic N) is 2. The van der Waals surface area contributed by atoms with Crippen molar-refractivity contribution in [3.63, 3.8) is 0 Å². The minimum atomic E-state index is -5.68. The number of hydrogen-bond donors (Lipinski definition) is 8. The van der Waals surface area contributed by atoms with Crippen LogP contribution in [0.15, 0.2) is 12.3 Å². The molecular formula is C3H12N2O12P4. The summed E-state index contributed by atoms with van der Waals surface area (Å²) >= 11 is 0. The largest absolute Gasteiger partial charge is 0.438 e. The summed E-state index contributed by atoms with van der Waals surface area (Å²) in [6, 6.07) is 0. The van der Waals surface area contributed by atoms with Gasteiger partial charge in [-0.05, 0) is 0 Å². The van der Waals surface area contributed by atoms with Crippen LogP contribution in [0.25, 0.3) is 0 Å². The molecule has 0 aromatic carbocycles. The van der Waals surface area contributed by atoms with Gasteiger partial charge in [0.05, 0.1) is 6.54 Å². The second-order valence-electron chi connectivity index (χ2n) is 3.44. The van der Waals surface area contributed by atoms with Gasteiger partial charge >= 0.3 is 31.0 Å². The molecule has 126 valence electrons. The van der Waals surface area contributed by atoms with E-state index in [1.807, 2.05) is 0 Å². The second kappa shape index (κ2) is 6.31. The molecule has 0 bridgehead atoms. The Labute approximate surface area is 117 Å². The average Bonchev–Trinajstić information content (AvgIpc) is 2.04. The Morgan fingerprint density at radius 1 is 0.714 bits per heavy atom. The molecule has 0 fully saturated rings. The first-order valence-corrected chi connectivity index (χ1v) is 10.6. The monoisotopic (exact) mass is 392 g/mol. The lowest BCUT2D eigenvalue weighted by Gasteiger charge is -2.30. The van der Waals surface area contributed by atoms with Crippen LogP contribution in [0.5, 0.6) is 0 Å². The van der Waals surface area contributed by atoms with Gasteiger partial charge in [0.25, 0.3) is 0 Å². The van der Waals surface area contributed by atoms with Crippen LogP contribution < -0.4 is 0 Å². The van der Waals surface area contributed by atoms with Crippen molar-refractivity contribution in [2.45, 2.75) is 0 Å².